The number of likely N-dealkylation sites (tertiary alicyclic amines) is 1. The van der Waals surface area contributed by atoms with Crippen molar-refractivity contribution in [2.75, 3.05) is 25.0 Å². The summed E-state index contributed by atoms with van der Waals surface area (Å²) in [7, 11) is 0. The van der Waals surface area contributed by atoms with Crippen LogP contribution in [0.4, 0.5) is 10.1 Å². The first-order valence-electron chi connectivity index (χ1n) is 9.14. The summed E-state index contributed by atoms with van der Waals surface area (Å²) in [5.74, 6) is 0.535. The van der Waals surface area contributed by atoms with Crippen LogP contribution in [-0.4, -0.2) is 30.5 Å². The molecule has 0 spiro atoms. The topological polar surface area (TPSA) is 41.6 Å². The average Bonchev–Trinajstić information content (AvgIpc) is 2.64. The number of nitrogens with one attached hydrogen (secondary N) is 1. The molecular formula is C21H25FN2O2. The standard InChI is InChI=1S/C21H25FN2O2/c1-2-26-20-7-3-6-19(13-20)23-21(25)17-5-4-12-24(15-17)14-16-8-10-18(22)11-9-16/h3,6-11,13,17H,2,4-5,12,14-15H2,1H3,(H,23,25). The van der Waals surface area contributed by atoms with Gasteiger partial charge in [-0.2, -0.15) is 0 Å². The number of carbonyl (C=O) groups excluding carboxylic acids is 1. The van der Waals surface area contributed by atoms with Crippen LogP contribution in [0.5, 0.6) is 5.75 Å². The molecule has 1 heterocycles. The lowest BCUT2D eigenvalue weighted by Gasteiger charge is -2.32. The first-order chi connectivity index (χ1) is 12.6. The molecule has 0 aromatic heterocycles. The van der Waals surface area contributed by atoms with Gasteiger partial charge in [-0.15, -0.1) is 0 Å². The number of piperidine rings is 1. The van der Waals surface area contributed by atoms with E-state index < -0.39 is 0 Å². The van der Waals surface area contributed by atoms with Crippen LogP contribution < -0.4 is 10.1 Å². The van der Waals surface area contributed by atoms with E-state index in [9.17, 15) is 9.18 Å². The number of ether oxygens (including phenoxy) is 1. The molecule has 1 aliphatic rings. The molecule has 1 unspecified atom stereocenters. The van der Waals surface area contributed by atoms with E-state index in [1.165, 1.54) is 12.1 Å². The number of benzene rings is 2. The zero-order valence-electron chi connectivity index (χ0n) is 15.1. The van der Waals surface area contributed by atoms with Gasteiger partial charge in [0.05, 0.1) is 12.5 Å². The Morgan fingerprint density at radius 1 is 1.27 bits per heavy atom. The summed E-state index contributed by atoms with van der Waals surface area (Å²) < 4.78 is 18.5. The fourth-order valence-electron chi connectivity index (χ4n) is 3.34. The molecule has 0 bridgehead atoms. The van der Waals surface area contributed by atoms with E-state index in [1.807, 2.05) is 31.2 Å². The number of hydrogen-bond acceptors (Lipinski definition) is 3. The number of hydrogen-bond donors (Lipinski definition) is 1. The van der Waals surface area contributed by atoms with Crippen LogP contribution in [0.1, 0.15) is 25.3 Å². The second kappa shape index (κ2) is 8.81. The second-order valence-corrected chi connectivity index (χ2v) is 6.65. The van der Waals surface area contributed by atoms with Crippen LogP contribution in [-0.2, 0) is 11.3 Å². The van der Waals surface area contributed by atoms with Gasteiger partial charge >= 0.3 is 0 Å². The van der Waals surface area contributed by atoms with Gasteiger partial charge in [-0.1, -0.05) is 18.2 Å². The lowest BCUT2D eigenvalue weighted by molar-refractivity contribution is -0.121. The number of rotatable bonds is 6. The Bertz CT molecular complexity index is 733. The van der Waals surface area contributed by atoms with E-state index in [1.54, 1.807) is 12.1 Å². The number of amides is 1. The van der Waals surface area contributed by atoms with Crippen LogP contribution in [0.15, 0.2) is 48.5 Å². The van der Waals surface area contributed by atoms with Gasteiger partial charge in [-0.3, -0.25) is 9.69 Å². The Morgan fingerprint density at radius 3 is 2.85 bits per heavy atom. The van der Waals surface area contributed by atoms with E-state index in [-0.39, 0.29) is 17.6 Å². The molecule has 1 amide bonds. The first kappa shape index (κ1) is 18.4. The van der Waals surface area contributed by atoms with Crippen molar-refractivity contribution in [2.45, 2.75) is 26.3 Å². The zero-order chi connectivity index (χ0) is 18.4. The van der Waals surface area contributed by atoms with Gasteiger partial charge in [0.15, 0.2) is 0 Å². The van der Waals surface area contributed by atoms with Gasteiger partial charge < -0.3 is 10.1 Å². The third-order valence-electron chi connectivity index (χ3n) is 4.61. The summed E-state index contributed by atoms with van der Waals surface area (Å²) in [4.78, 5) is 14.9. The monoisotopic (exact) mass is 356 g/mol. The molecule has 5 heteroatoms. The van der Waals surface area contributed by atoms with Crippen molar-refractivity contribution < 1.29 is 13.9 Å². The summed E-state index contributed by atoms with van der Waals surface area (Å²) in [6, 6.07) is 14.0. The van der Waals surface area contributed by atoms with Gasteiger partial charge in [0, 0.05) is 24.8 Å². The van der Waals surface area contributed by atoms with Crippen LogP contribution >= 0.6 is 0 Å². The van der Waals surface area contributed by atoms with Crippen LogP contribution in [0.25, 0.3) is 0 Å². The molecule has 138 valence electrons. The Labute approximate surface area is 154 Å². The lowest BCUT2D eigenvalue weighted by Crippen LogP contribution is -2.40. The molecule has 1 aliphatic heterocycles. The minimum Gasteiger partial charge on any atom is -0.494 e. The first-order valence-corrected chi connectivity index (χ1v) is 9.14. The highest BCUT2D eigenvalue weighted by Gasteiger charge is 2.26. The third-order valence-corrected chi connectivity index (χ3v) is 4.61. The average molecular weight is 356 g/mol. The van der Waals surface area contributed by atoms with Gasteiger partial charge in [-0.05, 0) is 56.1 Å². The molecule has 0 aliphatic carbocycles. The van der Waals surface area contributed by atoms with Crippen molar-refractivity contribution >= 4 is 11.6 Å². The molecule has 2 aromatic rings. The Hall–Kier alpha value is -2.40. The second-order valence-electron chi connectivity index (χ2n) is 6.65. The van der Waals surface area contributed by atoms with Gasteiger partial charge in [-0.25, -0.2) is 4.39 Å². The molecule has 1 atom stereocenters. The van der Waals surface area contributed by atoms with Gasteiger partial charge in [0.25, 0.3) is 0 Å². The maximum absolute atomic E-state index is 13.0. The quantitative estimate of drug-likeness (QED) is 0.848. The molecule has 2 aromatic carbocycles. The SMILES string of the molecule is CCOc1cccc(NC(=O)C2CCCN(Cc3ccc(F)cc3)C2)c1. The molecular weight excluding hydrogens is 331 g/mol. The fraction of sp³-hybridized carbons (Fsp3) is 0.381. The van der Waals surface area contributed by atoms with Crippen molar-refractivity contribution in [3.8, 4) is 5.75 Å². The van der Waals surface area contributed by atoms with Crippen molar-refractivity contribution in [1.82, 2.24) is 4.90 Å². The minimum atomic E-state index is -0.223. The summed E-state index contributed by atoms with van der Waals surface area (Å²) in [6.07, 6.45) is 1.87. The predicted octanol–water partition coefficient (Wildman–Crippen LogP) is 4.08. The largest absolute Gasteiger partial charge is 0.494 e. The van der Waals surface area contributed by atoms with E-state index in [0.29, 0.717) is 13.2 Å². The molecule has 4 nitrogen and oxygen atoms in total. The summed E-state index contributed by atoms with van der Waals surface area (Å²) in [6.45, 7) is 4.95. The third kappa shape index (κ3) is 5.05. The van der Waals surface area contributed by atoms with E-state index in [2.05, 4.69) is 10.2 Å². The molecule has 3 rings (SSSR count). The van der Waals surface area contributed by atoms with Crippen LogP contribution in [0.2, 0.25) is 0 Å². The van der Waals surface area contributed by atoms with Crippen molar-refractivity contribution in [2.24, 2.45) is 5.92 Å². The molecule has 1 fully saturated rings. The molecule has 0 saturated carbocycles. The van der Waals surface area contributed by atoms with Crippen molar-refractivity contribution in [1.29, 1.82) is 0 Å². The maximum Gasteiger partial charge on any atom is 0.228 e. The fourth-order valence-corrected chi connectivity index (χ4v) is 3.34. The van der Waals surface area contributed by atoms with E-state index in [0.717, 1.165) is 42.9 Å². The van der Waals surface area contributed by atoms with Gasteiger partial charge in [0.2, 0.25) is 5.91 Å². The maximum atomic E-state index is 13.0. The summed E-state index contributed by atoms with van der Waals surface area (Å²) >= 11 is 0. The summed E-state index contributed by atoms with van der Waals surface area (Å²) in [5, 5.41) is 3.01. The number of halogens is 1. The Kier molecular flexibility index (Phi) is 6.23. The molecule has 1 saturated heterocycles. The van der Waals surface area contributed by atoms with E-state index in [4.69, 9.17) is 4.74 Å². The predicted molar refractivity (Wildman–Crippen MR) is 101 cm³/mol. The van der Waals surface area contributed by atoms with Crippen molar-refractivity contribution in [3.05, 3.63) is 59.9 Å². The molecule has 26 heavy (non-hydrogen) atoms. The normalized spacial score (nSPS) is 17.7. The molecule has 1 N–H and O–H groups in total. The lowest BCUT2D eigenvalue weighted by atomic mass is 9.96. The summed E-state index contributed by atoms with van der Waals surface area (Å²) in [5.41, 5.74) is 1.83. The zero-order valence-corrected chi connectivity index (χ0v) is 15.1. The Morgan fingerprint density at radius 2 is 2.08 bits per heavy atom. The highest BCUT2D eigenvalue weighted by atomic mass is 19.1. The smallest absolute Gasteiger partial charge is 0.228 e. The van der Waals surface area contributed by atoms with Crippen LogP contribution in [0, 0.1) is 11.7 Å². The number of anilines is 1. The van der Waals surface area contributed by atoms with Gasteiger partial charge in [0.1, 0.15) is 11.6 Å². The number of nitrogens with zero attached hydrogens (tertiary/aromatic N) is 1. The highest BCUT2D eigenvalue weighted by Crippen LogP contribution is 2.22. The minimum absolute atomic E-state index is 0.0417. The van der Waals surface area contributed by atoms with E-state index >= 15 is 0 Å². The van der Waals surface area contributed by atoms with Crippen molar-refractivity contribution in [3.63, 3.8) is 0 Å². The number of carbonyl (C=O) groups is 1. The van der Waals surface area contributed by atoms with Crippen LogP contribution in [0.3, 0.4) is 0 Å². The Balaban J connectivity index is 1.57. The highest BCUT2D eigenvalue weighted by molar-refractivity contribution is 5.92. The molecule has 0 radical (unpaired) electrons.